The van der Waals surface area contributed by atoms with Crippen molar-refractivity contribution in [2.75, 3.05) is 11.6 Å². The van der Waals surface area contributed by atoms with Crippen molar-refractivity contribution >= 4 is 37.9 Å². The van der Waals surface area contributed by atoms with Crippen LogP contribution in [0.2, 0.25) is 0 Å². The summed E-state index contributed by atoms with van der Waals surface area (Å²) in [5.41, 5.74) is 1.47. The van der Waals surface area contributed by atoms with Crippen molar-refractivity contribution < 1.29 is 4.21 Å². The van der Waals surface area contributed by atoms with Crippen LogP contribution in [0.3, 0.4) is 0 Å². The third-order valence-electron chi connectivity index (χ3n) is 4.86. The number of aromatic nitrogens is 5. The van der Waals surface area contributed by atoms with Gasteiger partial charge in [0, 0.05) is 23.4 Å². The average Bonchev–Trinajstić information content (AvgIpc) is 3.13. The molecule has 5 rings (SSSR count). The van der Waals surface area contributed by atoms with Gasteiger partial charge in [-0.25, -0.2) is 23.9 Å². The molecular formula is C22H17N7O2S. The number of para-hydroxylation sites is 1. The Balaban J connectivity index is 1.79. The first-order valence-corrected chi connectivity index (χ1v) is 11.6. The molecule has 2 N–H and O–H groups in total. The van der Waals surface area contributed by atoms with Crippen LogP contribution in [0.4, 0.5) is 11.6 Å². The molecule has 0 amide bonds. The molecule has 32 heavy (non-hydrogen) atoms. The first-order chi connectivity index (χ1) is 15.4. The molecule has 1 unspecified atom stereocenters. The van der Waals surface area contributed by atoms with Crippen LogP contribution in [-0.2, 0) is 9.73 Å². The molecule has 1 atom stereocenters. The van der Waals surface area contributed by atoms with Crippen molar-refractivity contribution in [2.45, 2.75) is 4.90 Å². The van der Waals surface area contributed by atoms with Crippen LogP contribution >= 0.6 is 0 Å². The Bertz CT molecular complexity index is 1660. The Morgan fingerprint density at radius 1 is 0.969 bits per heavy atom. The van der Waals surface area contributed by atoms with Crippen LogP contribution in [0, 0.1) is 4.78 Å². The highest BCUT2D eigenvalue weighted by Crippen LogP contribution is 2.28. The number of nitrogens with one attached hydrogen (secondary N) is 2. The fourth-order valence-electron chi connectivity index (χ4n) is 3.41. The minimum Gasteiger partial charge on any atom is -0.319 e. The monoisotopic (exact) mass is 443 g/mol. The maximum atomic E-state index is 12.5. The fraction of sp³-hybridized carbons (Fsp3) is 0.0455. The number of nitrogens with zero attached hydrogens (tertiary/aromatic N) is 5. The van der Waals surface area contributed by atoms with E-state index in [1.807, 2.05) is 24.3 Å². The Hall–Kier alpha value is -4.18. The van der Waals surface area contributed by atoms with Gasteiger partial charge in [0.05, 0.1) is 20.1 Å². The second-order valence-corrected chi connectivity index (χ2v) is 9.26. The van der Waals surface area contributed by atoms with Gasteiger partial charge in [-0.2, -0.15) is 4.52 Å². The number of hydrogen-bond acceptors (Lipinski definition) is 8. The van der Waals surface area contributed by atoms with E-state index in [9.17, 15) is 9.00 Å². The van der Waals surface area contributed by atoms with Gasteiger partial charge < -0.3 is 5.32 Å². The lowest BCUT2D eigenvalue weighted by Gasteiger charge is -2.07. The molecule has 0 aliphatic carbocycles. The van der Waals surface area contributed by atoms with Gasteiger partial charge in [-0.1, -0.05) is 30.3 Å². The van der Waals surface area contributed by atoms with Crippen LogP contribution in [0.1, 0.15) is 0 Å². The third kappa shape index (κ3) is 3.46. The van der Waals surface area contributed by atoms with Gasteiger partial charge in [0.15, 0.2) is 11.5 Å². The zero-order chi connectivity index (χ0) is 22.3. The average molecular weight is 443 g/mol. The first-order valence-electron chi connectivity index (χ1n) is 9.63. The molecule has 158 valence electrons. The minimum atomic E-state index is -3.00. The smallest absolute Gasteiger partial charge is 0.293 e. The van der Waals surface area contributed by atoms with Gasteiger partial charge in [-0.15, -0.1) is 5.10 Å². The third-order valence-corrected chi connectivity index (χ3v) is 6.05. The topological polar surface area (TPSA) is 126 Å². The van der Waals surface area contributed by atoms with Crippen molar-refractivity contribution in [1.82, 2.24) is 24.6 Å². The van der Waals surface area contributed by atoms with Gasteiger partial charge in [-0.05, 0) is 36.4 Å². The number of fused-ring (bicyclic) bond motifs is 3. The number of hydrogen-bond donors (Lipinski definition) is 2. The molecule has 0 saturated heterocycles. The van der Waals surface area contributed by atoms with Gasteiger partial charge >= 0.3 is 0 Å². The molecule has 0 saturated carbocycles. The highest BCUT2D eigenvalue weighted by Gasteiger charge is 2.19. The van der Waals surface area contributed by atoms with Crippen LogP contribution in [0.25, 0.3) is 27.9 Å². The summed E-state index contributed by atoms with van der Waals surface area (Å²) in [6, 6.07) is 19.3. The lowest BCUT2D eigenvalue weighted by molar-refractivity contribution is 0.679. The van der Waals surface area contributed by atoms with E-state index in [4.69, 9.17) is 9.76 Å². The molecule has 10 heteroatoms. The van der Waals surface area contributed by atoms with E-state index in [1.165, 1.54) is 17.0 Å². The summed E-state index contributed by atoms with van der Waals surface area (Å²) in [6.07, 6.45) is 2.79. The second kappa shape index (κ2) is 7.50. The standard InChI is InChI=1S/C22H17N7O2S/c1-32(23,31)18-12-5-3-9-15(18)19-27-20-14-8-2-4-10-16(14)25-22(29(20)28-19)26-17-11-6-7-13-24-21(17)30/h2-13,23H,1H3,(H,24,25,26,30). The normalized spacial score (nSPS) is 13.2. The molecule has 0 bridgehead atoms. The lowest BCUT2D eigenvalue weighted by Crippen LogP contribution is -2.11. The molecule has 0 aliphatic heterocycles. The Morgan fingerprint density at radius 3 is 2.56 bits per heavy atom. The van der Waals surface area contributed by atoms with Gasteiger partial charge in [0.1, 0.15) is 5.69 Å². The molecule has 0 fully saturated rings. The molecule has 3 aromatic heterocycles. The van der Waals surface area contributed by atoms with Crippen LogP contribution in [-0.4, -0.2) is 35.0 Å². The van der Waals surface area contributed by atoms with Crippen molar-refractivity contribution in [1.29, 1.82) is 4.78 Å². The largest absolute Gasteiger partial charge is 0.319 e. The maximum absolute atomic E-state index is 12.5. The SMILES string of the molecule is CS(=N)(=O)c1ccccc1-c1nc2c3ccccc3nc(Nc3ccccnc3=O)n2n1. The predicted molar refractivity (Wildman–Crippen MR) is 123 cm³/mol. The summed E-state index contributed by atoms with van der Waals surface area (Å²) in [5, 5.41) is 8.38. The second-order valence-electron chi connectivity index (χ2n) is 7.14. The molecule has 0 aliphatic rings. The Kier molecular flexibility index (Phi) is 4.63. The van der Waals surface area contributed by atoms with Crippen LogP contribution in [0.5, 0.6) is 0 Å². The molecule has 9 nitrogen and oxygen atoms in total. The highest BCUT2D eigenvalue weighted by atomic mass is 32.2. The lowest BCUT2D eigenvalue weighted by atomic mass is 10.2. The Morgan fingerprint density at radius 2 is 1.72 bits per heavy atom. The number of anilines is 2. The predicted octanol–water partition coefficient (Wildman–Crippen LogP) is 3.48. The van der Waals surface area contributed by atoms with E-state index in [1.54, 1.807) is 42.5 Å². The van der Waals surface area contributed by atoms with Gasteiger partial charge in [0.25, 0.3) is 5.56 Å². The van der Waals surface area contributed by atoms with Crippen molar-refractivity contribution in [2.24, 2.45) is 0 Å². The summed E-state index contributed by atoms with van der Waals surface area (Å²) in [4.78, 5) is 25.8. The summed E-state index contributed by atoms with van der Waals surface area (Å²) >= 11 is 0. The first kappa shape index (κ1) is 19.8. The maximum Gasteiger partial charge on any atom is 0.293 e. The van der Waals surface area contributed by atoms with Crippen molar-refractivity contribution in [3.63, 3.8) is 0 Å². The van der Waals surface area contributed by atoms with Gasteiger partial charge in [0.2, 0.25) is 5.95 Å². The molecule has 3 heterocycles. The highest BCUT2D eigenvalue weighted by molar-refractivity contribution is 7.91. The summed E-state index contributed by atoms with van der Waals surface area (Å²) in [7, 11) is -3.00. The Labute approximate surface area is 182 Å². The van der Waals surface area contributed by atoms with E-state index in [0.717, 1.165) is 5.39 Å². The van der Waals surface area contributed by atoms with Crippen LogP contribution in [0.15, 0.2) is 82.6 Å². The molecule has 5 aromatic rings. The van der Waals surface area contributed by atoms with Gasteiger partial charge in [-0.3, -0.25) is 4.79 Å². The number of benzene rings is 2. The summed E-state index contributed by atoms with van der Waals surface area (Å²) in [5.74, 6) is 0.589. The van der Waals surface area contributed by atoms with Crippen molar-refractivity contribution in [3.05, 3.63) is 83.3 Å². The fourth-order valence-corrected chi connectivity index (χ4v) is 4.33. The van der Waals surface area contributed by atoms with E-state index < -0.39 is 15.3 Å². The summed E-state index contributed by atoms with van der Waals surface area (Å²) in [6.45, 7) is 0. The van der Waals surface area contributed by atoms with Crippen molar-refractivity contribution in [3.8, 4) is 11.4 Å². The summed E-state index contributed by atoms with van der Waals surface area (Å²) < 4.78 is 22.1. The van der Waals surface area contributed by atoms with E-state index >= 15 is 0 Å². The molecule has 0 radical (unpaired) electrons. The molecular weight excluding hydrogens is 426 g/mol. The number of rotatable bonds is 4. The molecule has 0 spiro atoms. The quantitative estimate of drug-likeness (QED) is 0.435. The van der Waals surface area contributed by atoms with E-state index in [2.05, 4.69) is 20.4 Å². The van der Waals surface area contributed by atoms with E-state index in [0.29, 0.717) is 27.4 Å². The zero-order valence-corrected chi connectivity index (χ0v) is 17.7. The van der Waals surface area contributed by atoms with E-state index in [-0.39, 0.29) is 11.6 Å². The zero-order valence-electron chi connectivity index (χ0n) is 16.9. The minimum absolute atomic E-state index is 0.235. The molecule has 2 aromatic carbocycles. The van der Waals surface area contributed by atoms with Crippen LogP contribution < -0.4 is 10.9 Å².